The molecule has 3 rings (SSSR count). The van der Waals surface area contributed by atoms with Gasteiger partial charge in [-0.25, -0.2) is 4.98 Å². The molecule has 1 aromatic heterocycles. The van der Waals surface area contributed by atoms with Gasteiger partial charge < -0.3 is 4.74 Å². The third kappa shape index (κ3) is 2.78. The van der Waals surface area contributed by atoms with E-state index >= 15 is 0 Å². The van der Waals surface area contributed by atoms with E-state index in [-0.39, 0.29) is 0 Å². The van der Waals surface area contributed by atoms with E-state index in [0.717, 1.165) is 29.0 Å². The van der Waals surface area contributed by atoms with Crippen LogP contribution in [0, 0.1) is 0 Å². The third-order valence-corrected chi connectivity index (χ3v) is 3.73. The minimum atomic E-state index is 0.594. The smallest absolute Gasteiger partial charge is 0.223 e. The van der Waals surface area contributed by atoms with Crippen LogP contribution >= 0.6 is 15.9 Å². The lowest BCUT2D eigenvalue weighted by Crippen LogP contribution is -1.97. The highest BCUT2D eigenvalue weighted by atomic mass is 79.9. The second-order valence-corrected chi connectivity index (χ2v) is 5.50. The van der Waals surface area contributed by atoms with Crippen LogP contribution in [-0.2, 0) is 19.3 Å². The number of ether oxygens (including phenoxy) is 1. The Morgan fingerprint density at radius 3 is 2.84 bits per heavy atom. The van der Waals surface area contributed by atoms with Gasteiger partial charge in [0.2, 0.25) is 5.88 Å². The Hall–Kier alpha value is -1.42. The van der Waals surface area contributed by atoms with Gasteiger partial charge in [-0.3, -0.25) is 0 Å². The van der Waals surface area contributed by atoms with Crippen molar-refractivity contribution in [1.82, 2.24) is 9.97 Å². The van der Waals surface area contributed by atoms with Gasteiger partial charge in [-0.2, -0.15) is 4.98 Å². The normalized spacial score (nSPS) is 13.4. The Bertz CT molecular complexity index is 613. The van der Waals surface area contributed by atoms with E-state index in [0.29, 0.717) is 5.88 Å². The van der Waals surface area contributed by atoms with Gasteiger partial charge in [-0.05, 0) is 58.5 Å². The molecule has 3 nitrogen and oxygen atoms in total. The predicted molar refractivity (Wildman–Crippen MR) is 77.7 cm³/mol. The zero-order valence-electron chi connectivity index (χ0n) is 10.8. The molecule has 0 unspecified atom stereocenters. The highest BCUT2D eigenvalue weighted by Gasteiger charge is 2.12. The molecule has 0 fully saturated rings. The summed E-state index contributed by atoms with van der Waals surface area (Å²) in [5.41, 5.74) is 2.85. The number of aryl methyl sites for hydroxylation is 3. The van der Waals surface area contributed by atoms with Crippen LogP contribution in [0.1, 0.15) is 30.3 Å². The topological polar surface area (TPSA) is 35.0 Å². The monoisotopic (exact) mass is 318 g/mol. The van der Waals surface area contributed by atoms with Crippen LogP contribution < -0.4 is 4.74 Å². The molecule has 0 aliphatic heterocycles. The van der Waals surface area contributed by atoms with Crippen molar-refractivity contribution in [2.75, 3.05) is 0 Å². The van der Waals surface area contributed by atoms with Crippen LogP contribution in [0.25, 0.3) is 0 Å². The number of fused-ring (bicyclic) bond motifs is 1. The molecule has 0 spiro atoms. The maximum absolute atomic E-state index is 5.85. The molecule has 19 heavy (non-hydrogen) atoms. The lowest BCUT2D eigenvalue weighted by molar-refractivity contribution is 0.457. The van der Waals surface area contributed by atoms with Gasteiger partial charge in [-0.15, -0.1) is 0 Å². The number of aromatic nitrogens is 2. The minimum Gasteiger partial charge on any atom is -0.439 e. The average molecular weight is 319 g/mol. The Morgan fingerprint density at radius 1 is 1.16 bits per heavy atom. The quantitative estimate of drug-likeness (QED) is 0.800. The summed E-state index contributed by atoms with van der Waals surface area (Å²) in [6.07, 6.45) is 4.38. The van der Waals surface area contributed by atoms with Crippen LogP contribution in [0.5, 0.6) is 11.6 Å². The lowest BCUT2D eigenvalue weighted by Gasteiger charge is -2.08. The largest absolute Gasteiger partial charge is 0.439 e. The van der Waals surface area contributed by atoms with Crippen LogP contribution in [0.2, 0.25) is 0 Å². The van der Waals surface area contributed by atoms with Crippen molar-refractivity contribution in [3.63, 3.8) is 0 Å². The molecule has 0 saturated carbocycles. The molecule has 98 valence electrons. The van der Waals surface area contributed by atoms with E-state index in [1.165, 1.54) is 24.0 Å². The van der Waals surface area contributed by atoms with Gasteiger partial charge in [0.1, 0.15) is 16.2 Å². The van der Waals surface area contributed by atoms with Crippen LogP contribution in [0.3, 0.4) is 0 Å². The molecule has 0 saturated heterocycles. The number of hydrogen-bond acceptors (Lipinski definition) is 3. The fraction of sp³-hybridized carbons (Fsp3) is 0.333. The van der Waals surface area contributed by atoms with Crippen molar-refractivity contribution in [3.05, 3.63) is 45.8 Å². The molecule has 0 bridgehead atoms. The molecular formula is C15H15BrN2O. The van der Waals surface area contributed by atoms with Crippen LogP contribution in [-0.4, -0.2) is 9.97 Å². The van der Waals surface area contributed by atoms with Gasteiger partial charge >= 0.3 is 0 Å². The van der Waals surface area contributed by atoms with Gasteiger partial charge in [0.15, 0.2) is 0 Å². The summed E-state index contributed by atoms with van der Waals surface area (Å²) in [7, 11) is 0. The predicted octanol–water partition coefficient (Wildman–Crippen LogP) is 4.08. The van der Waals surface area contributed by atoms with E-state index in [2.05, 4.69) is 38.0 Å². The summed E-state index contributed by atoms with van der Waals surface area (Å²) >= 11 is 3.39. The first-order valence-electron chi connectivity index (χ1n) is 6.57. The molecule has 1 aromatic carbocycles. The molecule has 4 heteroatoms. The molecule has 0 amide bonds. The number of halogens is 1. The summed E-state index contributed by atoms with van der Waals surface area (Å²) in [5, 5.41) is 0. The van der Waals surface area contributed by atoms with Gasteiger partial charge in [0.25, 0.3) is 0 Å². The first kappa shape index (κ1) is 12.6. The van der Waals surface area contributed by atoms with Crippen molar-refractivity contribution in [1.29, 1.82) is 0 Å². The summed E-state index contributed by atoms with van der Waals surface area (Å²) in [4.78, 5) is 8.65. The molecular weight excluding hydrogens is 304 g/mol. The number of rotatable bonds is 3. The molecule has 2 aromatic rings. The van der Waals surface area contributed by atoms with Gasteiger partial charge in [0.05, 0.1) is 0 Å². The van der Waals surface area contributed by atoms with Crippen molar-refractivity contribution >= 4 is 15.9 Å². The van der Waals surface area contributed by atoms with Gasteiger partial charge in [-0.1, -0.05) is 13.0 Å². The van der Waals surface area contributed by atoms with E-state index in [4.69, 9.17) is 4.74 Å². The standard InChI is InChI=1S/C15H15BrN2O/c1-2-14-17-13(16)9-15(18-14)19-12-7-6-10-4-3-5-11(10)8-12/h6-9H,2-5H2,1H3. The fourth-order valence-corrected chi connectivity index (χ4v) is 2.79. The Balaban J connectivity index is 1.86. The second-order valence-electron chi connectivity index (χ2n) is 4.68. The molecule has 0 atom stereocenters. The Labute approximate surface area is 121 Å². The van der Waals surface area contributed by atoms with Crippen molar-refractivity contribution in [2.24, 2.45) is 0 Å². The maximum atomic E-state index is 5.85. The molecule has 0 N–H and O–H groups in total. The van der Waals surface area contributed by atoms with E-state index in [1.54, 1.807) is 6.07 Å². The zero-order chi connectivity index (χ0) is 13.2. The number of hydrogen-bond donors (Lipinski definition) is 0. The summed E-state index contributed by atoms with van der Waals surface area (Å²) in [6, 6.07) is 8.11. The van der Waals surface area contributed by atoms with E-state index < -0.39 is 0 Å². The van der Waals surface area contributed by atoms with Crippen molar-refractivity contribution in [2.45, 2.75) is 32.6 Å². The molecule has 0 radical (unpaired) electrons. The highest BCUT2D eigenvalue weighted by Crippen LogP contribution is 2.28. The maximum Gasteiger partial charge on any atom is 0.223 e. The van der Waals surface area contributed by atoms with Gasteiger partial charge in [0, 0.05) is 12.5 Å². The number of benzene rings is 1. The number of nitrogens with zero attached hydrogens (tertiary/aromatic N) is 2. The fourth-order valence-electron chi connectivity index (χ4n) is 2.38. The SMILES string of the molecule is CCc1nc(Br)cc(Oc2ccc3c(c2)CCC3)n1. The third-order valence-electron chi connectivity index (χ3n) is 3.33. The Kier molecular flexibility index (Phi) is 3.51. The van der Waals surface area contributed by atoms with Crippen LogP contribution in [0.15, 0.2) is 28.9 Å². The summed E-state index contributed by atoms with van der Waals surface area (Å²) in [5.74, 6) is 2.23. The molecule has 1 aliphatic carbocycles. The zero-order valence-corrected chi connectivity index (χ0v) is 12.4. The minimum absolute atomic E-state index is 0.594. The highest BCUT2D eigenvalue weighted by molar-refractivity contribution is 9.10. The first-order valence-corrected chi connectivity index (χ1v) is 7.37. The second kappa shape index (κ2) is 5.29. The average Bonchev–Trinajstić information content (AvgIpc) is 2.85. The van der Waals surface area contributed by atoms with Crippen molar-refractivity contribution < 1.29 is 4.74 Å². The van der Waals surface area contributed by atoms with Crippen LogP contribution in [0.4, 0.5) is 0 Å². The first-order chi connectivity index (χ1) is 9.24. The van der Waals surface area contributed by atoms with E-state index in [1.807, 2.05) is 13.0 Å². The lowest BCUT2D eigenvalue weighted by atomic mass is 10.1. The van der Waals surface area contributed by atoms with Crippen molar-refractivity contribution in [3.8, 4) is 11.6 Å². The summed E-state index contributed by atoms with van der Waals surface area (Å²) < 4.78 is 6.61. The van der Waals surface area contributed by atoms with E-state index in [9.17, 15) is 0 Å². The molecule has 1 heterocycles. The molecule has 1 aliphatic rings. The summed E-state index contributed by atoms with van der Waals surface area (Å²) in [6.45, 7) is 2.03. The Morgan fingerprint density at radius 2 is 2.00 bits per heavy atom.